The Kier molecular flexibility index (Phi) is 3.82. The molecule has 0 spiro atoms. The van der Waals surface area contributed by atoms with Crippen molar-refractivity contribution in [3.8, 4) is 0 Å². The first-order valence-corrected chi connectivity index (χ1v) is 5.88. The number of nitrogen functional groups attached to an aromatic ring is 1. The Labute approximate surface area is 110 Å². The minimum atomic E-state index is -0.157. The molecule has 0 bridgehead atoms. The number of benzene rings is 1. The van der Waals surface area contributed by atoms with Gasteiger partial charge < -0.3 is 15.3 Å². The van der Waals surface area contributed by atoms with Crippen molar-refractivity contribution in [2.45, 2.75) is 20.4 Å². The third kappa shape index (κ3) is 3.11. The molecule has 6 heteroatoms. The molecule has 0 unspecified atom stereocenters. The molecule has 0 aliphatic heterocycles. The average Bonchev–Trinajstić information content (AvgIpc) is 2.81. The van der Waals surface area contributed by atoms with E-state index in [-0.39, 0.29) is 5.91 Å². The molecule has 0 aliphatic rings. The molecule has 1 heterocycles. The minimum Gasteiger partial charge on any atom is -0.359 e. The van der Waals surface area contributed by atoms with Crippen molar-refractivity contribution in [2.24, 2.45) is 5.84 Å². The Morgan fingerprint density at radius 1 is 1.37 bits per heavy atom. The lowest BCUT2D eigenvalue weighted by molar-refractivity contribution is 0.0946. The van der Waals surface area contributed by atoms with Crippen LogP contribution in [0.3, 0.4) is 0 Å². The van der Waals surface area contributed by atoms with E-state index in [0.717, 1.165) is 16.9 Å². The molecule has 0 aliphatic carbocycles. The number of carbonyl (C=O) groups excluding carboxylic acids is 1. The molecule has 0 fully saturated rings. The zero-order chi connectivity index (χ0) is 13.8. The normalized spacial score (nSPS) is 10.3. The first kappa shape index (κ1) is 13.1. The zero-order valence-corrected chi connectivity index (χ0v) is 10.9. The Balaban J connectivity index is 2.03. The van der Waals surface area contributed by atoms with Gasteiger partial charge in [0.25, 0.3) is 5.91 Å². The highest BCUT2D eigenvalue weighted by atomic mass is 16.5. The molecule has 1 amide bonds. The van der Waals surface area contributed by atoms with E-state index in [1.165, 1.54) is 0 Å². The van der Waals surface area contributed by atoms with Crippen LogP contribution in [0.2, 0.25) is 0 Å². The lowest BCUT2D eigenvalue weighted by Gasteiger charge is -2.08. The summed E-state index contributed by atoms with van der Waals surface area (Å²) < 4.78 is 5.03. The van der Waals surface area contributed by atoms with Gasteiger partial charge in [-0.1, -0.05) is 5.16 Å². The maximum Gasteiger partial charge on any atom is 0.251 e. The van der Waals surface area contributed by atoms with Crippen LogP contribution in [0, 0.1) is 13.8 Å². The fraction of sp³-hybridized carbons (Fsp3) is 0.231. The van der Waals surface area contributed by atoms with E-state index >= 15 is 0 Å². The van der Waals surface area contributed by atoms with E-state index in [1.807, 2.05) is 19.9 Å². The summed E-state index contributed by atoms with van der Waals surface area (Å²) in [6, 6.07) is 7.08. The number of nitrogens with one attached hydrogen (secondary N) is 2. The van der Waals surface area contributed by atoms with Crippen LogP contribution in [-0.4, -0.2) is 11.1 Å². The second-order valence-electron chi connectivity index (χ2n) is 4.29. The van der Waals surface area contributed by atoms with Crippen LogP contribution in [0.4, 0.5) is 5.69 Å². The van der Waals surface area contributed by atoms with Crippen LogP contribution >= 0.6 is 0 Å². The van der Waals surface area contributed by atoms with E-state index in [9.17, 15) is 4.79 Å². The molecule has 1 aromatic heterocycles. The fourth-order valence-corrected chi connectivity index (χ4v) is 1.77. The number of aromatic nitrogens is 1. The summed E-state index contributed by atoms with van der Waals surface area (Å²) in [6.45, 7) is 4.00. The molecule has 0 saturated carbocycles. The predicted molar refractivity (Wildman–Crippen MR) is 71.4 cm³/mol. The number of anilines is 1. The number of aryl methyl sites for hydroxylation is 2. The lowest BCUT2D eigenvalue weighted by atomic mass is 10.1. The van der Waals surface area contributed by atoms with E-state index in [1.54, 1.807) is 18.2 Å². The molecule has 0 saturated heterocycles. The number of hydrogen-bond donors (Lipinski definition) is 3. The fourth-order valence-electron chi connectivity index (χ4n) is 1.77. The van der Waals surface area contributed by atoms with Crippen LogP contribution in [0.15, 0.2) is 28.8 Å². The molecule has 4 N–H and O–H groups in total. The van der Waals surface area contributed by atoms with Crippen LogP contribution in [0.5, 0.6) is 0 Å². The summed E-state index contributed by atoms with van der Waals surface area (Å²) in [5, 5.41) is 6.54. The Morgan fingerprint density at radius 3 is 2.74 bits per heavy atom. The third-order valence-electron chi connectivity index (χ3n) is 2.74. The molecule has 19 heavy (non-hydrogen) atoms. The summed E-state index contributed by atoms with van der Waals surface area (Å²) in [4.78, 5) is 12.0. The van der Waals surface area contributed by atoms with E-state index < -0.39 is 0 Å². The van der Waals surface area contributed by atoms with Gasteiger partial charge in [0.15, 0.2) is 5.76 Å². The van der Waals surface area contributed by atoms with Crippen molar-refractivity contribution in [3.63, 3.8) is 0 Å². The van der Waals surface area contributed by atoms with Gasteiger partial charge in [-0.3, -0.25) is 10.6 Å². The summed E-state index contributed by atoms with van der Waals surface area (Å²) in [6.07, 6.45) is 0. The summed E-state index contributed by atoms with van der Waals surface area (Å²) in [5.41, 5.74) is 5.55. The smallest absolute Gasteiger partial charge is 0.251 e. The van der Waals surface area contributed by atoms with Gasteiger partial charge in [-0.2, -0.15) is 0 Å². The number of rotatable bonds is 4. The number of nitrogens with zero attached hydrogens (tertiary/aromatic N) is 1. The van der Waals surface area contributed by atoms with E-state index in [4.69, 9.17) is 10.4 Å². The lowest BCUT2D eigenvalue weighted by Crippen LogP contribution is -2.23. The van der Waals surface area contributed by atoms with Gasteiger partial charge in [0, 0.05) is 17.3 Å². The van der Waals surface area contributed by atoms with Crippen molar-refractivity contribution in [2.75, 3.05) is 5.43 Å². The van der Waals surface area contributed by atoms with E-state index in [2.05, 4.69) is 15.9 Å². The second-order valence-corrected chi connectivity index (χ2v) is 4.29. The highest BCUT2D eigenvalue weighted by Gasteiger charge is 2.10. The molecule has 6 nitrogen and oxygen atoms in total. The van der Waals surface area contributed by atoms with Crippen LogP contribution in [0.1, 0.15) is 27.4 Å². The van der Waals surface area contributed by atoms with Crippen molar-refractivity contribution < 1.29 is 9.32 Å². The number of carbonyl (C=O) groups is 1. The number of hydrazine groups is 1. The molecular formula is C13H16N4O2. The van der Waals surface area contributed by atoms with Gasteiger partial charge in [0.05, 0.1) is 12.2 Å². The first-order valence-electron chi connectivity index (χ1n) is 5.88. The molecule has 2 aromatic rings. The maximum atomic E-state index is 12.0. The molecule has 2 rings (SSSR count). The SMILES string of the molecule is Cc1cc(CNC(=O)c2ccc(NN)cc2C)on1. The quantitative estimate of drug-likeness (QED) is 0.572. The molecule has 1 aromatic carbocycles. The molecular weight excluding hydrogens is 244 g/mol. The Hall–Kier alpha value is -2.34. The largest absolute Gasteiger partial charge is 0.359 e. The van der Waals surface area contributed by atoms with Crippen molar-refractivity contribution in [3.05, 3.63) is 46.8 Å². The van der Waals surface area contributed by atoms with E-state index in [0.29, 0.717) is 17.9 Å². The first-order chi connectivity index (χ1) is 9.10. The average molecular weight is 260 g/mol. The molecule has 0 atom stereocenters. The Morgan fingerprint density at radius 2 is 2.16 bits per heavy atom. The van der Waals surface area contributed by atoms with Gasteiger partial charge >= 0.3 is 0 Å². The number of hydrogen-bond acceptors (Lipinski definition) is 5. The number of amides is 1. The van der Waals surface area contributed by atoms with Crippen molar-refractivity contribution in [1.29, 1.82) is 0 Å². The number of nitrogens with two attached hydrogens (primary N) is 1. The Bertz CT molecular complexity index is 592. The topological polar surface area (TPSA) is 93.2 Å². The van der Waals surface area contributed by atoms with Crippen molar-refractivity contribution >= 4 is 11.6 Å². The van der Waals surface area contributed by atoms with Gasteiger partial charge in [0.2, 0.25) is 0 Å². The van der Waals surface area contributed by atoms with Gasteiger partial charge in [-0.15, -0.1) is 0 Å². The van der Waals surface area contributed by atoms with Crippen LogP contribution in [0.25, 0.3) is 0 Å². The summed E-state index contributed by atoms with van der Waals surface area (Å²) in [7, 11) is 0. The minimum absolute atomic E-state index is 0.157. The molecule has 0 radical (unpaired) electrons. The summed E-state index contributed by atoms with van der Waals surface area (Å²) >= 11 is 0. The molecule has 100 valence electrons. The maximum absolute atomic E-state index is 12.0. The monoisotopic (exact) mass is 260 g/mol. The van der Waals surface area contributed by atoms with Gasteiger partial charge in [0.1, 0.15) is 0 Å². The van der Waals surface area contributed by atoms with Crippen LogP contribution in [-0.2, 0) is 6.54 Å². The highest BCUT2D eigenvalue weighted by Crippen LogP contribution is 2.14. The zero-order valence-electron chi connectivity index (χ0n) is 10.9. The third-order valence-corrected chi connectivity index (χ3v) is 2.74. The van der Waals surface area contributed by atoms with Crippen molar-refractivity contribution in [1.82, 2.24) is 10.5 Å². The highest BCUT2D eigenvalue weighted by molar-refractivity contribution is 5.95. The van der Waals surface area contributed by atoms with Gasteiger partial charge in [-0.05, 0) is 37.6 Å². The van der Waals surface area contributed by atoms with Gasteiger partial charge in [-0.25, -0.2) is 0 Å². The standard InChI is InChI=1S/C13H16N4O2/c1-8-5-10(16-14)3-4-12(8)13(18)15-7-11-6-9(2)17-19-11/h3-6,16H,7,14H2,1-2H3,(H,15,18). The summed E-state index contributed by atoms with van der Waals surface area (Å²) in [5.74, 6) is 5.78. The second kappa shape index (κ2) is 5.53. The van der Waals surface area contributed by atoms with Crippen LogP contribution < -0.4 is 16.6 Å². The predicted octanol–water partition coefficient (Wildman–Crippen LogP) is 1.51.